The Morgan fingerprint density at radius 3 is 2.57 bits per heavy atom. The Hall–Kier alpha value is -2.29. The molecule has 0 radical (unpaired) electrons. The summed E-state index contributed by atoms with van der Waals surface area (Å²) in [5.41, 5.74) is 3.20. The van der Waals surface area contributed by atoms with Gasteiger partial charge >= 0.3 is 0 Å². The fraction of sp³-hybridized carbons (Fsp3) is 0.278. The third-order valence-corrected chi connectivity index (χ3v) is 4.51. The van der Waals surface area contributed by atoms with Crippen molar-refractivity contribution < 1.29 is 9.53 Å². The van der Waals surface area contributed by atoms with Gasteiger partial charge in [-0.15, -0.1) is 0 Å². The van der Waals surface area contributed by atoms with Gasteiger partial charge in [-0.25, -0.2) is 0 Å². The molecule has 0 saturated carbocycles. The molecule has 2 aromatic rings. The van der Waals surface area contributed by atoms with Crippen molar-refractivity contribution in [3.8, 4) is 5.75 Å². The summed E-state index contributed by atoms with van der Waals surface area (Å²) in [6.07, 6.45) is 0.823. The number of ether oxygens (including phenoxy) is 1. The molecule has 2 aliphatic heterocycles. The number of rotatable bonds is 0. The molecule has 1 atom stereocenters. The number of carbonyl (C=O) groups excluding carboxylic acids is 1. The predicted molar refractivity (Wildman–Crippen MR) is 80.0 cm³/mol. The van der Waals surface area contributed by atoms with Crippen LogP contribution in [-0.2, 0) is 23.4 Å². The lowest BCUT2D eigenvalue weighted by atomic mass is 9.82. The van der Waals surface area contributed by atoms with Crippen LogP contribution >= 0.6 is 0 Å². The van der Waals surface area contributed by atoms with Gasteiger partial charge in [0, 0.05) is 25.5 Å². The van der Waals surface area contributed by atoms with Gasteiger partial charge in [-0.2, -0.15) is 0 Å². The molecule has 3 nitrogen and oxygen atoms in total. The highest BCUT2D eigenvalue weighted by atomic mass is 16.5. The van der Waals surface area contributed by atoms with E-state index in [1.807, 2.05) is 29.2 Å². The summed E-state index contributed by atoms with van der Waals surface area (Å²) < 4.78 is 6.35. The van der Waals surface area contributed by atoms with Crippen LogP contribution in [0.2, 0.25) is 0 Å². The van der Waals surface area contributed by atoms with Crippen LogP contribution in [0.4, 0.5) is 0 Å². The van der Waals surface area contributed by atoms with Crippen molar-refractivity contribution >= 4 is 5.91 Å². The van der Waals surface area contributed by atoms with E-state index < -0.39 is 5.60 Å². The van der Waals surface area contributed by atoms with E-state index in [4.69, 9.17) is 4.74 Å². The van der Waals surface area contributed by atoms with E-state index in [2.05, 4.69) is 24.3 Å². The summed E-state index contributed by atoms with van der Waals surface area (Å²) >= 11 is 0. The first kappa shape index (κ1) is 12.5. The zero-order valence-corrected chi connectivity index (χ0v) is 12.0. The highest BCUT2D eigenvalue weighted by Crippen LogP contribution is 2.45. The average molecular weight is 279 g/mol. The monoisotopic (exact) mass is 279 g/mol. The van der Waals surface area contributed by atoms with Crippen LogP contribution in [0.3, 0.4) is 0 Å². The first-order valence-corrected chi connectivity index (χ1v) is 7.29. The minimum atomic E-state index is -0.426. The van der Waals surface area contributed by atoms with Crippen LogP contribution in [0.15, 0.2) is 48.5 Å². The lowest BCUT2D eigenvalue weighted by Crippen LogP contribution is -2.50. The van der Waals surface area contributed by atoms with Gasteiger partial charge in [-0.05, 0) is 17.2 Å². The molecule has 1 spiro atoms. The van der Waals surface area contributed by atoms with Gasteiger partial charge < -0.3 is 9.64 Å². The Balaban J connectivity index is 1.83. The lowest BCUT2D eigenvalue weighted by molar-refractivity contribution is -0.133. The Bertz CT molecular complexity index is 698. The van der Waals surface area contributed by atoms with E-state index in [1.54, 1.807) is 6.92 Å². The van der Waals surface area contributed by atoms with Gasteiger partial charge in [0.2, 0.25) is 5.91 Å². The number of hydrogen-bond donors (Lipinski definition) is 0. The highest BCUT2D eigenvalue weighted by molar-refractivity contribution is 5.74. The minimum absolute atomic E-state index is 0.100. The summed E-state index contributed by atoms with van der Waals surface area (Å²) in [6, 6.07) is 16.5. The predicted octanol–water partition coefficient (Wildman–Crippen LogP) is 2.88. The number of hydrogen-bond acceptors (Lipinski definition) is 2. The molecule has 0 aliphatic carbocycles. The highest BCUT2D eigenvalue weighted by Gasteiger charge is 2.46. The molecule has 1 unspecified atom stereocenters. The molecule has 106 valence electrons. The van der Waals surface area contributed by atoms with Gasteiger partial charge in [0.25, 0.3) is 0 Å². The molecule has 4 rings (SSSR count). The smallest absolute Gasteiger partial charge is 0.219 e. The maximum atomic E-state index is 11.9. The van der Waals surface area contributed by atoms with Gasteiger partial charge in [-0.3, -0.25) is 4.79 Å². The largest absolute Gasteiger partial charge is 0.480 e. The molecule has 0 saturated heterocycles. The van der Waals surface area contributed by atoms with Crippen molar-refractivity contribution in [3.63, 3.8) is 0 Å². The van der Waals surface area contributed by atoms with E-state index >= 15 is 0 Å². The maximum absolute atomic E-state index is 11.9. The van der Waals surface area contributed by atoms with Crippen molar-refractivity contribution in [1.29, 1.82) is 0 Å². The molecule has 2 aliphatic rings. The number of benzene rings is 2. The second kappa shape index (κ2) is 4.35. The maximum Gasteiger partial charge on any atom is 0.219 e. The molecular weight excluding hydrogens is 262 g/mol. The van der Waals surface area contributed by atoms with Crippen LogP contribution in [0.1, 0.15) is 23.6 Å². The Morgan fingerprint density at radius 2 is 1.81 bits per heavy atom. The van der Waals surface area contributed by atoms with E-state index in [1.165, 1.54) is 16.7 Å². The Morgan fingerprint density at radius 1 is 1.10 bits per heavy atom. The van der Waals surface area contributed by atoms with Crippen LogP contribution < -0.4 is 4.74 Å². The van der Waals surface area contributed by atoms with E-state index in [0.29, 0.717) is 13.1 Å². The van der Waals surface area contributed by atoms with Gasteiger partial charge in [0.05, 0.1) is 6.54 Å². The zero-order valence-electron chi connectivity index (χ0n) is 12.0. The van der Waals surface area contributed by atoms with Crippen LogP contribution in [-0.4, -0.2) is 17.4 Å². The molecule has 2 heterocycles. The van der Waals surface area contributed by atoms with Crippen LogP contribution in [0.5, 0.6) is 5.75 Å². The fourth-order valence-corrected chi connectivity index (χ4v) is 3.52. The first-order valence-electron chi connectivity index (χ1n) is 7.29. The number of para-hydroxylation sites is 1. The molecule has 0 fully saturated rings. The average Bonchev–Trinajstić information content (AvgIpc) is 2.85. The van der Waals surface area contributed by atoms with Crippen molar-refractivity contribution in [2.45, 2.75) is 25.5 Å². The van der Waals surface area contributed by atoms with E-state index in [0.717, 1.165) is 12.2 Å². The van der Waals surface area contributed by atoms with Crippen LogP contribution in [0.25, 0.3) is 0 Å². The summed E-state index contributed by atoms with van der Waals surface area (Å²) in [4.78, 5) is 13.8. The Kier molecular flexibility index (Phi) is 2.58. The molecule has 2 aromatic carbocycles. The number of fused-ring (bicyclic) bond motifs is 3. The molecule has 1 amide bonds. The molecule has 0 N–H and O–H groups in total. The van der Waals surface area contributed by atoms with Crippen molar-refractivity contribution in [3.05, 3.63) is 65.2 Å². The summed E-state index contributed by atoms with van der Waals surface area (Å²) in [5, 5.41) is 0. The first-order chi connectivity index (χ1) is 10.2. The van der Waals surface area contributed by atoms with Gasteiger partial charge in [0.15, 0.2) is 5.60 Å². The number of nitrogens with zero attached hydrogens (tertiary/aromatic N) is 1. The normalized spacial score (nSPS) is 22.6. The lowest BCUT2D eigenvalue weighted by Gasteiger charge is -2.41. The van der Waals surface area contributed by atoms with E-state index in [9.17, 15) is 4.79 Å². The van der Waals surface area contributed by atoms with Crippen molar-refractivity contribution in [2.24, 2.45) is 0 Å². The molecule has 21 heavy (non-hydrogen) atoms. The Labute approximate surface area is 124 Å². The third kappa shape index (κ3) is 1.84. The zero-order chi connectivity index (χ0) is 14.4. The number of amides is 1. The van der Waals surface area contributed by atoms with Crippen molar-refractivity contribution in [2.75, 3.05) is 6.54 Å². The summed E-state index contributed by atoms with van der Waals surface area (Å²) in [5.74, 6) is 1.04. The fourth-order valence-electron chi connectivity index (χ4n) is 3.52. The second-order valence-corrected chi connectivity index (χ2v) is 5.91. The quantitative estimate of drug-likeness (QED) is 0.742. The van der Waals surface area contributed by atoms with Gasteiger partial charge in [-0.1, -0.05) is 42.5 Å². The standard InChI is InChI=1S/C18H17NO2/c1-13(20)19-11-15-7-2-4-8-16(15)18(12-19)10-14-6-3-5-9-17(14)21-18/h2-9H,10-12H2,1H3. The minimum Gasteiger partial charge on any atom is -0.480 e. The van der Waals surface area contributed by atoms with Crippen molar-refractivity contribution in [1.82, 2.24) is 4.90 Å². The summed E-state index contributed by atoms with van der Waals surface area (Å²) in [7, 11) is 0. The SMILES string of the molecule is CC(=O)N1Cc2ccccc2C2(Cc3ccccc3O2)C1. The molecule has 0 bridgehead atoms. The molecule has 0 aromatic heterocycles. The third-order valence-electron chi connectivity index (χ3n) is 4.51. The van der Waals surface area contributed by atoms with Crippen LogP contribution in [0, 0.1) is 0 Å². The van der Waals surface area contributed by atoms with E-state index in [-0.39, 0.29) is 5.91 Å². The molecule has 3 heteroatoms. The molecular formula is C18H17NO2. The summed E-state index contributed by atoms with van der Waals surface area (Å²) in [6.45, 7) is 2.92. The number of carbonyl (C=O) groups is 1. The second-order valence-electron chi connectivity index (χ2n) is 5.91. The topological polar surface area (TPSA) is 29.5 Å². The van der Waals surface area contributed by atoms with Gasteiger partial charge in [0.1, 0.15) is 5.75 Å².